The minimum absolute atomic E-state index is 0.0268. The first kappa shape index (κ1) is 22.8. The first-order valence-corrected chi connectivity index (χ1v) is 12.1. The van der Waals surface area contributed by atoms with Crippen LogP contribution in [0, 0.1) is 17.7 Å². The number of nitrogens with one attached hydrogen (secondary N) is 1. The fourth-order valence-electron chi connectivity index (χ4n) is 5.03. The number of likely N-dealkylation sites (N-methyl/N-ethyl adjacent to an activating group) is 1. The van der Waals surface area contributed by atoms with Crippen molar-refractivity contribution in [3.63, 3.8) is 0 Å². The number of hydrogen-bond acceptors (Lipinski definition) is 6. The van der Waals surface area contributed by atoms with Crippen molar-refractivity contribution < 1.29 is 9.18 Å². The second kappa shape index (κ2) is 10.1. The number of carbonyl (C=O) groups is 1. The van der Waals surface area contributed by atoms with Crippen LogP contribution in [0.4, 0.5) is 10.2 Å². The summed E-state index contributed by atoms with van der Waals surface area (Å²) in [5.74, 6) is 0.847. The van der Waals surface area contributed by atoms with Crippen LogP contribution in [0.15, 0.2) is 42.9 Å². The predicted octanol–water partition coefficient (Wildman–Crippen LogP) is 3.82. The summed E-state index contributed by atoms with van der Waals surface area (Å²) in [7, 11) is 2.18. The molecule has 178 valence electrons. The highest BCUT2D eigenvalue weighted by molar-refractivity contribution is 5.93. The van der Waals surface area contributed by atoms with E-state index in [1.807, 2.05) is 12.1 Å². The molecule has 2 fully saturated rings. The Morgan fingerprint density at radius 2 is 1.85 bits per heavy atom. The average Bonchev–Trinajstić information content (AvgIpc) is 2.85. The Bertz CT molecular complexity index is 1150. The van der Waals surface area contributed by atoms with Gasteiger partial charge in [0.05, 0.1) is 17.4 Å². The van der Waals surface area contributed by atoms with Gasteiger partial charge in [0.15, 0.2) is 0 Å². The summed E-state index contributed by atoms with van der Waals surface area (Å²) in [5.41, 5.74) is 1.93. The molecular weight excluding hydrogens is 431 g/mol. The van der Waals surface area contributed by atoms with Crippen LogP contribution < -0.4 is 5.32 Å². The number of pyridine rings is 3. The van der Waals surface area contributed by atoms with Crippen molar-refractivity contribution in [1.29, 1.82) is 0 Å². The van der Waals surface area contributed by atoms with Crippen LogP contribution in [0.2, 0.25) is 0 Å². The van der Waals surface area contributed by atoms with Crippen LogP contribution >= 0.6 is 0 Å². The molecule has 1 aliphatic carbocycles. The maximum atomic E-state index is 13.6. The van der Waals surface area contributed by atoms with E-state index in [2.05, 4.69) is 37.1 Å². The number of halogens is 1. The van der Waals surface area contributed by atoms with E-state index in [0.29, 0.717) is 28.5 Å². The number of aromatic nitrogens is 3. The summed E-state index contributed by atoms with van der Waals surface area (Å²) in [6.07, 6.45) is 8.51. The summed E-state index contributed by atoms with van der Waals surface area (Å²) in [5, 5.41) is 3.85. The molecule has 5 rings (SSSR count). The van der Waals surface area contributed by atoms with Gasteiger partial charge in [-0.15, -0.1) is 0 Å². The maximum absolute atomic E-state index is 13.6. The third kappa shape index (κ3) is 5.39. The highest BCUT2D eigenvalue weighted by atomic mass is 19.1. The van der Waals surface area contributed by atoms with Gasteiger partial charge in [0.2, 0.25) is 5.91 Å². The molecule has 8 heteroatoms. The van der Waals surface area contributed by atoms with E-state index in [-0.39, 0.29) is 11.8 Å². The Kier molecular flexibility index (Phi) is 6.78. The molecule has 1 aliphatic heterocycles. The lowest BCUT2D eigenvalue weighted by atomic mass is 9.81. The lowest BCUT2D eigenvalue weighted by Gasteiger charge is -2.36. The van der Waals surface area contributed by atoms with Crippen molar-refractivity contribution in [2.45, 2.75) is 25.7 Å². The van der Waals surface area contributed by atoms with Gasteiger partial charge in [-0.2, -0.15) is 0 Å². The third-order valence-electron chi connectivity index (χ3n) is 7.16. The molecule has 1 saturated heterocycles. The standard InChI is InChI=1S/C26H31FN6O/c1-32-8-10-33(11-9-32)17-18-2-4-19(5-3-18)26(34)31-25-13-24-20(15-29-25)6-7-23(30-24)21-12-22(27)16-28-14-21/h6-7,12-16,18-19H,2-5,8-11,17H2,1H3,(H,29,31,34). The van der Waals surface area contributed by atoms with Crippen LogP contribution in [0.25, 0.3) is 22.2 Å². The van der Waals surface area contributed by atoms with Gasteiger partial charge in [-0.25, -0.2) is 14.4 Å². The lowest BCUT2D eigenvalue weighted by Crippen LogP contribution is -2.46. The van der Waals surface area contributed by atoms with Crippen LogP contribution in [-0.4, -0.2) is 70.4 Å². The highest BCUT2D eigenvalue weighted by Crippen LogP contribution is 2.31. The molecule has 0 radical (unpaired) electrons. The molecule has 34 heavy (non-hydrogen) atoms. The first-order valence-electron chi connectivity index (χ1n) is 12.1. The Hall–Kier alpha value is -2.97. The monoisotopic (exact) mass is 462 g/mol. The first-order chi connectivity index (χ1) is 16.5. The molecule has 0 spiro atoms. The van der Waals surface area contributed by atoms with Crippen molar-refractivity contribution >= 4 is 22.6 Å². The summed E-state index contributed by atoms with van der Waals surface area (Å²) in [6.45, 7) is 5.74. The van der Waals surface area contributed by atoms with Crippen LogP contribution in [-0.2, 0) is 4.79 Å². The van der Waals surface area contributed by atoms with E-state index in [9.17, 15) is 9.18 Å². The quantitative estimate of drug-likeness (QED) is 0.621. The minimum Gasteiger partial charge on any atom is -0.310 e. The van der Waals surface area contributed by atoms with Gasteiger partial charge in [0.1, 0.15) is 11.6 Å². The summed E-state index contributed by atoms with van der Waals surface area (Å²) in [6, 6.07) is 6.90. The van der Waals surface area contributed by atoms with Gasteiger partial charge in [0, 0.05) is 68.1 Å². The van der Waals surface area contributed by atoms with Crippen molar-refractivity contribution in [2.24, 2.45) is 11.8 Å². The Morgan fingerprint density at radius 3 is 2.62 bits per heavy atom. The largest absolute Gasteiger partial charge is 0.310 e. The second-order valence-electron chi connectivity index (χ2n) is 9.66. The molecule has 0 bridgehead atoms. The van der Waals surface area contributed by atoms with Crippen LogP contribution in [0.3, 0.4) is 0 Å². The third-order valence-corrected chi connectivity index (χ3v) is 7.16. The number of piperazine rings is 1. The van der Waals surface area contributed by atoms with Gasteiger partial charge in [0.25, 0.3) is 0 Å². The normalized spacial score (nSPS) is 22.1. The lowest BCUT2D eigenvalue weighted by molar-refractivity contribution is -0.121. The maximum Gasteiger partial charge on any atom is 0.228 e. The zero-order valence-electron chi connectivity index (χ0n) is 19.6. The average molecular weight is 463 g/mol. The highest BCUT2D eigenvalue weighted by Gasteiger charge is 2.28. The molecule has 0 aromatic carbocycles. The number of nitrogens with zero attached hydrogens (tertiary/aromatic N) is 5. The molecule has 1 saturated carbocycles. The number of amides is 1. The summed E-state index contributed by atoms with van der Waals surface area (Å²) in [4.78, 5) is 30.8. The smallest absolute Gasteiger partial charge is 0.228 e. The number of anilines is 1. The molecule has 1 N–H and O–H groups in total. The fourth-order valence-corrected chi connectivity index (χ4v) is 5.03. The fraction of sp³-hybridized carbons (Fsp3) is 0.462. The number of fused-ring (bicyclic) bond motifs is 1. The van der Waals surface area contributed by atoms with Crippen molar-refractivity contribution in [2.75, 3.05) is 45.1 Å². The molecule has 7 nitrogen and oxygen atoms in total. The van der Waals surface area contributed by atoms with Crippen molar-refractivity contribution in [1.82, 2.24) is 24.8 Å². The Labute approximate surface area is 199 Å². The van der Waals surface area contributed by atoms with Gasteiger partial charge in [-0.05, 0) is 56.8 Å². The SMILES string of the molecule is CN1CCN(CC2CCC(C(=O)Nc3cc4nc(-c5cncc(F)c5)ccc4cn3)CC2)CC1. The van der Waals surface area contributed by atoms with E-state index in [4.69, 9.17) is 0 Å². The van der Waals surface area contributed by atoms with Gasteiger partial charge in [-0.1, -0.05) is 0 Å². The zero-order chi connectivity index (χ0) is 23.5. The van der Waals surface area contributed by atoms with Gasteiger partial charge < -0.3 is 15.1 Å². The van der Waals surface area contributed by atoms with Crippen LogP contribution in [0.5, 0.6) is 0 Å². The Balaban J connectivity index is 1.19. The van der Waals surface area contributed by atoms with Crippen molar-refractivity contribution in [3.05, 3.63) is 48.7 Å². The van der Waals surface area contributed by atoms with Gasteiger partial charge >= 0.3 is 0 Å². The predicted molar refractivity (Wildman–Crippen MR) is 131 cm³/mol. The molecule has 3 aromatic heterocycles. The molecule has 1 amide bonds. The topological polar surface area (TPSA) is 74.2 Å². The molecule has 0 unspecified atom stereocenters. The minimum atomic E-state index is -0.402. The van der Waals surface area contributed by atoms with Crippen molar-refractivity contribution in [3.8, 4) is 11.3 Å². The Morgan fingerprint density at radius 1 is 1.06 bits per heavy atom. The second-order valence-corrected chi connectivity index (χ2v) is 9.66. The molecular formula is C26H31FN6O. The van der Waals surface area contributed by atoms with E-state index < -0.39 is 5.82 Å². The van der Waals surface area contributed by atoms with Gasteiger partial charge in [-0.3, -0.25) is 9.78 Å². The van der Waals surface area contributed by atoms with E-state index in [1.165, 1.54) is 12.3 Å². The van der Waals surface area contributed by atoms with Crippen LogP contribution in [0.1, 0.15) is 25.7 Å². The molecule has 4 heterocycles. The molecule has 0 atom stereocenters. The zero-order valence-corrected chi connectivity index (χ0v) is 19.6. The summed E-state index contributed by atoms with van der Waals surface area (Å²) < 4.78 is 13.6. The molecule has 2 aliphatic rings. The number of rotatable bonds is 5. The summed E-state index contributed by atoms with van der Waals surface area (Å²) >= 11 is 0. The van der Waals surface area contributed by atoms with E-state index >= 15 is 0 Å². The van der Waals surface area contributed by atoms with E-state index in [0.717, 1.165) is 63.8 Å². The molecule has 3 aromatic rings. The number of hydrogen-bond donors (Lipinski definition) is 1. The number of carbonyl (C=O) groups excluding carboxylic acids is 1. The van der Waals surface area contributed by atoms with E-state index in [1.54, 1.807) is 18.5 Å².